The van der Waals surface area contributed by atoms with Crippen LogP contribution in [0.1, 0.15) is 38.3 Å². The Bertz CT molecular complexity index is 1480. The van der Waals surface area contributed by atoms with Crippen LogP contribution in [-0.2, 0) is 26.2 Å². The third kappa shape index (κ3) is 8.18. The molecule has 0 saturated carbocycles. The van der Waals surface area contributed by atoms with Gasteiger partial charge in [0.2, 0.25) is 11.8 Å². The second-order valence-corrected chi connectivity index (χ2v) is 13.0. The van der Waals surface area contributed by atoms with E-state index < -0.39 is 28.5 Å². The zero-order valence-electron chi connectivity index (χ0n) is 24.4. The molecule has 0 unspecified atom stereocenters. The predicted molar refractivity (Wildman–Crippen MR) is 168 cm³/mol. The predicted octanol–water partition coefficient (Wildman–Crippen LogP) is 6.09. The Morgan fingerprint density at radius 1 is 0.976 bits per heavy atom. The summed E-state index contributed by atoms with van der Waals surface area (Å²) in [5.74, 6) is -0.0486. The number of carbonyl (C=O) groups is 2. The van der Waals surface area contributed by atoms with E-state index in [1.165, 1.54) is 29.2 Å². The highest BCUT2D eigenvalue weighted by molar-refractivity contribution is 7.92. The molecule has 8 nitrogen and oxygen atoms in total. The molecule has 0 aromatic heterocycles. The van der Waals surface area contributed by atoms with Gasteiger partial charge in [0, 0.05) is 13.1 Å². The van der Waals surface area contributed by atoms with Crippen molar-refractivity contribution in [3.8, 4) is 5.75 Å². The lowest BCUT2D eigenvalue weighted by Gasteiger charge is -2.33. The first-order valence-electron chi connectivity index (χ1n) is 13.6. The summed E-state index contributed by atoms with van der Waals surface area (Å²) in [4.78, 5) is 28.9. The Balaban J connectivity index is 2.08. The fraction of sp³-hybridized carbons (Fsp3) is 0.355. The Hall–Kier alpha value is -3.27. The summed E-state index contributed by atoms with van der Waals surface area (Å²) in [6.45, 7) is 7.50. The number of rotatable bonds is 13. The van der Waals surface area contributed by atoms with E-state index in [1.807, 2.05) is 27.7 Å². The molecule has 1 atom stereocenters. The molecule has 0 saturated heterocycles. The zero-order chi connectivity index (χ0) is 31.0. The number of halogens is 2. The highest BCUT2D eigenvalue weighted by Gasteiger charge is 2.34. The normalized spacial score (nSPS) is 12.1. The summed E-state index contributed by atoms with van der Waals surface area (Å²) >= 11 is 12.8. The average Bonchev–Trinajstić information content (AvgIpc) is 2.96. The standard InChI is InChI=1S/C31H37Cl2N3O5S/c1-6-27(31(38)34-18-21(2)3)35(19-23-12-14-24(41-5)15-13-23)29(37)20-36(28-9-7-8-26(32)30(28)33)42(39,40)25-16-10-22(4)11-17-25/h7-17,21,27H,6,18-20H2,1-5H3,(H,34,38)/t27-/m0/s1. The Labute approximate surface area is 258 Å². The third-order valence-electron chi connectivity index (χ3n) is 6.67. The van der Waals surface area contributed by atoms with Gasteiger partial charge in [0.25, 0.3) is 10.0 Å². The van der Waals surface area contributed by atoms with Crippen molar-refractivity contribution in [2.45, 2.75) is 51.6 Å². The van der Waals surface area contributed by atoms with E-state index in [1.54, 1.807) is 49.6 Å². The fourth-order valence-electron chi connectivity index (χ4n) is 4.31. The van der Waals surface area contributed by atoms with Crippen molar-refractivity contribution in [3.05, 3.63) is 87.9 Å². The number of aryl methyl sites for hydroxylation is 1. The lowest BCUT2D eigenvalue weighted by atomic mass is 10.1. The molecule has 0 radical (unpaired) electrons. The zero-order valence-corrected chi connectivity index (χ0v) is 26.8. The molecular formula is C31H37Cl2N3O5S. The topological polar surface area (TPSA) is 96.0 Å². The summed E-state index contributed by atoms with van der Waals surface area (Å²) in [7, 11) is -2.71. The molecule has 0 spiro atoms. The number of amides is 2. The molecule has 226 valence electrons. The summed E-state index contributed by atoms with van der Waals surface area (Å²) in [6.07, 6.45) is 0.314. The molecular weight excluding hydrogens is 597 g/mol. The van der Waals surface area contributed by atoms with Crippen molar-refractivity contribution in [2.75, 3.05) is 24.5 Å². The molecule has 0 bridgehead atoms. The highest BCUT2D eigenvalue weighted by atomic mass is 35.5. The molecule has 3 aromatic carbocycles. The number of benzene rings is 3. The molecule has 0 aliphatic rings. The first-order valence-corrected chi connectivity index (χ1v) is 15.8. The second kappa shape index (κ2) is 14.8. The molecule has 0 fully saturated rings. The van der Waals surface area contributed by atoms with E-state index in [0.29, 0.717) is 18.7 Å². The lowest BCUT2D eigenvalue weighted by molar-refractivity contribution is -0.140. The van der Waals surface area contributed by atoms with Gasteiger partial charge in [-0.15, -0.1) is 0 Å². The maximum Gasteiger partial charge on any atom is 0.264 e. The number of anilines is 1. The number of carbonyl (C=O) groups excluding carboxylic acids is 2. The smallest absolute Gasteiger partial charge is 0.264 e. The average molecular weight is 635 g/mol. The highest BCUT2D eigenvalue weighted by Crippen LogP contribution is 2.35. The van der Waals surface area contributed by atoms with Crippen molar-refractivity contribution < 1.29 is 22.7 Å². The number of nitrogens with one attached hydrogen (secondary N) is 1. The maximum absolute atomic E-state index is 14.2. The van der Waals surface area contributed by atoms with Crippen molar-refractivity contribution >= 4 is 50.7 Å². The lowest BCUT2D eigenvalue weighted by Crippen LogP contribution is -2.52. The molecule has 3 aromatic rings. The van der Waals surface area contributed by atoms with Gasteiger partial charge in [-0.25, -0.2) is 8.42 Å². The van der Waals surface area contributed by atoms with Gasteiger partial charge in [-0.1, -0.05) is 79.9 Å². The van der Waals surface area contributed by atoms with Gasteiger partial charge in [0.05, 0.1) is 27.7 Å². The van der Waals surface area contributed by atoms with Gasteiger partial charge in [0.15, 0.2) is 0 Å². The second-order valence-electron chi connectivity index (χ2n) is 10.3. The Kier molecular flexibility index (Phi) is 11.7. The minimum absolute atomic E-state index is 0.00826. The Morgan fingerprint density at radius 3 is 2.19 bits per heavy atom. The molecule has 3 rings (SSSR count). The van der Waals surface area contributed by atoms with E-state index in [4.69, 9.17) is 27.9 Å². The number of methoxy groups -OCH3 is 1. The number of hydrogen-bond donors (Lipinski definition) is 1. The number of hydrogen-bond acceptors (Lipinski definition) is 5. The Morgan fingerprint density at radius 2 is 1.62 bits per heavy atom. The van der Waals surface area contributed by atoms with Gasteiger partial charge in [-0.3, -0.25) is 13.9 Å². The third-order valence-corrected chi connectivity index (χ3v) is 9.25. The number of sulfonamides is 1. The van der Waals surface area contributed by atoms with Crippen LogP contribution in [0.2, 0.25) is 10.0 Å². The van der Waals surface area contributed by atoms with Gasteiger partial charge < -0.3 is 15.0 Å². The van der Waals surface area contributed by atoms with Crippen LogP contribution >= 0.6 is 23.2 Å². The fourth-order valence-corrected chi connectivity index (χ4v) is 6.18. The number of nitrogens with zero attached hydrogens (tertiary/aromatic N) is 2. The quantitative estimate of drug-likeness (QED) is 0.246. The van der Waals surface area contributed by atoms with Crippen LogP contribution in [0.5, 0.6) is 5.75 Å². The maximum atomic E-state index is 14.2. The van der Waals surface area contributed by atoms with Crippen molar-refractivity contribution in [1.29, 1.82) is 0 Å². The van der Waals surface area contributed by atoms with Crippen LogP contribution < -0.4 is 14.4 Å². The van der Waals surface area contributed by atoms with E-state index in [-0.39, 0.29) is 39.0 Å². The molecule has 2 amide bonds. The first-order chi connectivity index (χ1) is 19.9. The van der Waals surface area contributed by atoms with Gasteiger partial charge in [-0.05, 0) is 61.2 Å². The molecule has 11 heteroatoms. The van der Waals surface area contributed by atoms with E-state index >= 15 is 0 Å². The van der Waals surface area contributed by atoms with E-state index in [9.17, 15) is 18.0 Å². The largest absolute Gasteiger partial charge is 0.497 e. The monoisotopic (exact) mass is 633 g/mol. The minimum Gasteiger partial charge on any atom is -0.497 e. The molecule has 42 heavy (non-hydrogen) atoms. The summed E-state index contributed by atoms with van der Waals surface area (Å²) in [5.41, 5.74) is 1.68. The molecule has 0 aliphatic carbocycles. The van der Waals surface area contributed by atoms with E-state index in [0.717, 1.165) is 15.4 Å². The summed E-state index contributed by atoms with van der Waals surface area (Å²) in [6, 6.07) is 17.2. The first kappa shape index (κ1) is 33.2. The summed E-state index contributed by atoms with van der Waals surface area (Å²) < 4.78 is 34.2. The SMILES string of the molecule is CC[C@@H](C(=O)NCC(C)C)N(Cc1ccc(OC)cc1)C(=O)CN(c1cccc(Cl)c1Cl)S(=O)(=O)c1ccc(C)cc1. The number of ether oxygens (including phenoxy) is 1. The van der Waals surface area contributed by atoms with Gasteiger partial charge in [0.1, 0.15) is 18.3 Å². The van der Waals surface area contributed by atoms with Crippen LogP contribution in [0.25, 0.3) is 0 Å². The van der Waals surface area contributed by atoms with Crippen molar-refractivity contribution in [3.63, 3.8) is 0 Å². The van der Waals surface area contributed by atoms with Gasteiger partial charge in [-0.2, -0.15) is 0 Å². The summed E-state index contributed by atoms with van der Waals surface area (Å²) in [5, 5.41) is 3.04. The van der Waals surface area contributed by atoms with E-state index in [2.05, 4.69) is 5.32 Å². The van der Waals surface area contributed by atoms with Crippen molar-refractivity contribution in [2.24, 2.45) is 5.92 Å². The van der Waals surface area contributed by atoms with Crippen LogP contribution in [0.4, 0.5) is 5.69 Å². The minimum atomic E-state index is -4.27. The molecule has 0 aliphatic heterocycles. The van der Waals surface area contributed by atoms with Crippen molar-refractivity contribution in [1.82, 2.24) is 10.2 Å². The van der Waals surface area contributed by atoms with Gasteiger partial charge >= 0.3 is 0 Å². The van der Waals surface area contributed by atoms with Crippen LogP contribution in [0.3, 0.4) is 0 Å². The molecule has 1 N–H and O–H groups in total. The van der Waals surface area contributed by atoms with Crippen LogP contribution in [0, 0.1) is 12.8 Å². The van der Waals surface area contributed by atoms with Crippen LogP contribution in [-0.4, -0.2) is 51.4 Å². The van der Waals surface area contributed by atoms with Crippen LogP contribution in [0.15, 0.2) is 71.6 Å². The molecule has 0 heterocycles.